The Hall–Kier alpha value is -0.940. The molecular weight excluding hydrogens is 299 g/mol. The third-order valence-electron chi connectivity index (χ3n) is 3.00. The molecule has 18 heavy (non-hydrogen) atoms. The molecule has 1 aromatic heterocycles. The van der Waals surface area contributed by atoms with Crippen molar-refractivity contribution in [3.8, 4) is 0 Å². The molecule has 98 valence electrons. The van der Waals surface area contributed by atoms with E-state index in [0.717, 1.165) is 5.82 Å². The van der Waals surface area contributed by atoms with Gasteiger partial charge in [-0.1, -0.05) is 13.8 Å². The Labute approximate surface area is 114 Å². The SMILES string of the molecule is Cc1nc2ccc(Br)c(F)c2n1CC(C)(C)CO. The zero-order chi connectivity index (χ0) is 13.5. The van der Waals surface area contributed by atoms with E-state index < -0.39 is 0 Å². The number of aliphatic hydroxyl groups is 1. The molecule has 0 bridgehead atoms. The Morgan fingerprint density at radius 3 is 2.72 bits per heavy atom. The van der Waals surface area contributed by atoms with Crippen LogP contribution in [0, 0.1) is 18.2 Å². The minimum absolute atomic E-state index is 0.0434. The number of aryl methyl sites for hydroxylation is 1. The van der Waals surface area contributed by atoms with Crippen LogP contribution in [-0.4, -0.2) is 21.3 Å². The van der Waals surface area contributed by atoms with Gasteiger partial charge in [0.1, 0.15) is 11.3 Å². The lowest BCUT2D eigenvalue weighted by atomic mass is 9.95. The van der Waals surface area contributed by atoms with E-state index in [1.807, 2.05) is 25.3 Å². The van der Waals surface area contributed by atoms with Gasteiger partial charge in [0.2, 0.25) is 0 Å². The Morgan fingerprint density at radius 1 is 1.44 bits per heavy atom. The molecular formula is C13H16BrFN2O. The van der Waals surface area contributed by atoms with Gasteiger partial charge in [0.25, 0.3) is 0 Å². The fourth-order valence-electron chi connectivity index (χ4n) is 1.94. The summed E-state index contributed by atoms with van der Waals surface area (Å²) >= 11 is 3.19. The van der Waals surface area contributed by atoms with E-state index >= 15 is 0 Å². The van der Waals surface area contributed by atoms with Crippen molar-refractivity contribution >= 4 is 27.0 Å². The lowest BCUT2D eigenvalue weighted by Gasteiger charge is -2.23. The normalized spacial score (nSPS) is 12.3. The lowest BCUT2D eigenvalue weighted by molar-refractivity contribution is 0.141. The summed E-state index contributed by atoms with van der Waals surface area (Å²) in [6.45, 7) is 6.30. The van der Waals surface area contributed by atoms with Crippen LogP contribution in [0.2, 0.25) is 0 Å². The Kier molecular flexibility index (Phi) is 3.47. The number of benzene rings is 1. The molecule has 5 heteroatoms. The van der Waals surface area contributed by atoms with E-state index in [-0.39, 0.29) is 17.8 Å². The second-order valence-electron chi connectivity index (χ2n) is 5.30. The van der Waals surface area contributed by atoms with Gasteiger partial charge in [0, 0.05) is 18.6 Å². The first kappa shape index (κ1) is 13.5. The van der Waals surface area contributed by atoms with Gasteiger partial charge >= 0.3 is 0 Å². The van der Waals surface area contributed by atoms with Crippen molar-refractivity contribution in [2.24, 2.45) is 5.41 Å². The molecule has 1 aromatic carbocycles. The zero-order valence-electron chi connectivity index (χ0n) is 10.7. The van der Waals surface area contributed by atoms with Gasteiger partial charge in [0.05, 0.1) is 9.99 Å². The van der Waals surface area contributed by atoms with Crippen LogP contribution in [0.25, 0.3) is 11.0 Å². The fraction of sp³-hybridized carbons (Fsp3) is 0.462. The fourth-order valence-corrected chi connectivity index (χ4v) is 2.26. The van der Waals surface area contributed by atoms with Crippen molar-refractivity contribution in [3.05, 3.63) is 28.2 Å². The average molecular weight is 315 g/mol. The van der Waals surface area contributed by atoms with E-state index in [4.69, 9.17) is 0 Å². The van der Waals surface area contributed by atoms with Crippen molar-refractivity contribution in [1.82, 2.24) is 9.55 Å². The molecule has 0 amide bonds. The van der Waals surface area contributed by atoms with Crippen LogP contribution < -0.4 is 0 Å². The molecule has 0 saturated carbocycles. The van der Waals surface area contributed by atoms with E-state index in [0.29, 0.717) is 22.1 Å². The first-order valence-corrected chi connectivity index (χ1v) is 6.57. The summed E-state index contributed by atoms with van der Waals surface area (Å²) in [5, 5.41) is 9.34. The van der Waals surface area contributed by atoms with Gasteiger partial charge in [-0.2, -0.15) is 0 Å². The molecule has 0 aliphatic carbocycles. The van der Waals surface area contributed by atoms with Gasteiger partial charge < -0.3 is 9.67 Å². The quantitative estimate of drug-likeness (QED) is 0.944. The molecule has 0 aliphatic rings. The van der Waals surface area contributed by atoms with Crippen LogP contribution >= 0.6 is 15.9 Å². The molecule has 1 heterocycles. The number of fused-ring (bicyclic) bond motifs is 1. The van der Waals surface area contributed by atoms with Gasteiger partial charge in [-0.05, 0) is 35.0 Å². The molecule has 0 saturated heterocycles. The Morgan fingerprint density at radius 2 is 2.11 bits per heavy atom. The van der Waals surface area contributed by atoms with Crippen molar-refractivity contribution in [2.75, 3.05) is 6.61 Å². The number of hydrogen-bond donors (Lipinski definition) is 1. The maximum Gasteiger partial charge on any atom is 0.163 e. The van der Waals surface area contributed by atoms with Gasteiger partial charge in [-0.25, -0.2) is 9.37 Å². The third-order valence-corrected chi connectivity index (χ3v) is 3.62. The average Bonchev–Trinajstić information content (AvgIpc) is 2.61. The molecule has 0 atom stereocenters. The predicted molar refractivity (Wildman–Crippen MR) is 73.0 cm³/mol. The molecule has 0 fully saturated rings. The van der Waals surface area contributed by atoms with Crippen LogP contribution in [0.15, 0.2) is 16.6 Å². The van der Waals surface area contributed by atoms with Crippen LogP contribution in [0.4, 0.5) is 4.39 Å². The third kappa shape index (κ3) is 2.29. The second-order valence-corrected chi connectivity index (χ2v) is 6.15. The molecule has 0 radical (unpaired) electrons. The number of halogens is 2. The zero-order valence-corrected chi connectivity index (χ0v) is 12.3. The van der Waals surface area contributed by atoms with Crippen LogP contribution in [0.3, 0.4) is 0 Å². The topological polar surface area (TPSA) is 38.0 Å². The molecule has 2 rings (SSSR count). The lowest BCUT2D eigenvalue weighted by Crippen LogP contribution is -2.24. The minimum atomic E-state index is -0.312. The summed E-state index contributed by atoms with van der Waals surface area (Å²) in [6.07, 6.45) is 0. The van der Waals surface area contributed by atoms with Crippen LogP contribution in [0.5, 0.6) is 0 Å². The van der Waals surface area contributed by atoms with Crippen molar-refractivity contribution in [2.45, 2.75) is 27.3 Å². The number of aliphatic hydroxyl groups excluding tert-OH is 1. The molecule has 1 N–H and O–H groups in total. The number of hydrogen-bond acceptors (Lipinski definition) is 2. The number of aromatic nitrogens is 2. The number of nitrogens with zero attached hydrogens (tertiary/aromatic N) is 2. The second kappa shape index (κ2) is 4.63. The molecule has 2 aromatic rings. The van der Waals surface area contributed by atoms with E-state index in [1.165, 1.54) is 0 Å². The highest BCUT2D eigenvalue weighted by atomic mass is 79.9. The minimum Gasteiger partial charge on any atom is -0.396 e. The molecule has 0 spiro atoms. The maximum atomic E-state index is 14.2. The highest BCUT2D eigenvalue weighted by Crippen LogP contribution is 2.28. The summed E-state index contributed by atoms with van der Waals surface area (Å²) in [6, 6.07) is 3.45. The highest BCUT2D eigenvalue weighted by Gasteiger charge is 2.22. The van der Waals surface area contributed by atoms with Gasteiger partial charge in [-0.3, -0.25) is 0 Å². The van der Waals surface area contributed by atoms with Gasteiger partial charge in [-0.15, -0.1) is 0 Å². The Bertz CT molecular complexity index is 592. The van der Waals surface area contributed by atoms with Crippen molar-refractivity contribution in [1.29, 1.82) is 0 Å². The van der Waals surface area contributed by atoms with Crippen LogP contribution in [0.1, 0.15) is 19.7 Å². The first-order valence-electron chi connectivity index (χ1n) is 5.77. The monoisotopic (exact) mass is 314 g/mol. The maximum absolute atomic E-state index is 14.2. The largest absolute Gasteiger partial charge is 0.396 e. The molecule has 3 nitrogen and oxygen atoms in total. The summed E-state index contributed by atoms with van der Waals surface area (Å²) in [7, 11) is 0. The van der Waals surface area contributed by atoms with Crippen molar-refractivity contribution < 1.29 is 9.50 Å². The summed E-state index contributed by atoms with van der Waals surface area (Å²) in [5.41, 5.74) is 0.818. The first-order chi connectivity index (χ1) is 8.35. The number of rotatable bonds is 3. The number of imidazole rings is 1. The predicted octanol–water partition coefficient (Wildman–Crippen LogP) is 3.26. The standard InChI is InChI=1S/C13H16BrFN2O/c1-8-16-10-5-4-9(14)11(15)12(10)17(8)6-13(2,3)7-18/h4-5,18H,6-7H2,1-3H3. The summed E-state index contributed by atoms with van der Waals surface area (Å²) in [4.78, 5) is 4.35. The summed E-state index contributed by atoms with van der Waals surface area (Å²) in [5.74, 6) is 0.449. The summed E-state index contributed by atoms with van der Waals surface area (Å²) < 4.78 is 16.4. The van der Waals surface area contributed by atoms with Crippen molar-refractivity contribution in [3.63, 3.8) is 0 Å². The van der Waals surface area contributed by atoms with Gasteiger partial charge in [0.15, 0.2) is 5.82 Å². The smallest absolute Gasteiger partial charge is 0.163 e. The molecule has 0 aliphatic heterocycles. The van der Waals surface area contributed by atoms with E-state index in [1.54, 1.807) is 12.1 Å². The molecule has 0 unspecified atom stereocenters. The highest BCUT2D eigenvalue weighted by molar-refractivity contribution is 9.10. The Balaban J connectivity index is 2.63. The van der Waals surface area contributed by atoms with E-state index in [2.05, 4.69) is 20.9 Å². The van der Waals surface area contributed by atoms with Crippen LogP contribution in [-0.2, 0) is 6.54 Å². The van der Waals surface area contributed by atoms with E-state index in [9.17, 15) is 9.50 Å².